The zero-order valence-electron chi connectivity index (χ0n) is 18.9. The van der Waals surface area contributed by atoms with Crippen molar-refractivity contribution in [2.45, 2.75) is 38.1 Å². The van der Waals surface area contributed by atoms with Gasteiger partial charge in [-0.1, -0.05) is 30.3 Å². The van der Waals surface area contributed by atoms with E-state index < -0.39 is 5.92 Å². The Morgan fingerprint density at radius 2 is 1.88 bits per heavy atom. The lowest BCUT2D eigenvalue weighted by molar-refractivity contribution is -0.135. The van der Waals surface area contributed by atoms with Crippen molar-refractivity contribution in [2.75, 3.05) is 19.0 Å². The number of methoxy groups -OCH3 is 1. The maximum atomic E-state index is 13.7. The molecule has 5 rings (SSSR count). The number of carbonyl (C=O) groups excluding carboxylic acids is 2. The third-order valence-electron chi connectivity index (χ3n) is 6.57. The molecule has 6 heteroatoms. The van der Waals surface area contributed by atoms with Gasteiger partial charge in [-0.05, 0) is 66.8 Å². The number of likely N-dealkylation sites (tertiary alicyclic amines) is 1. The van der Waals surface area contributed by atoms with Gasteiger partial charge in [0.25, 0.3) is 0 Å². The zero-order valence-corrected chi connectivity index (χ0v) is 18.9. The summed E-state index contributed by atoms with van der Waals surface area (Å²) in [6.07, 6.45) is 1.96. The Morgan fingerprint density at radius 3 is 2.67 bits per heavy atom. The number of amides is 2. The number of nitrogens with zero attached hydrogens (tertiary/aromatic N) is 2. The molecule has 0 radical (unpaired) electrons. The number of hydrogen-bond acceptors (Lipinski definition) is 4. The number of rotatable bonds is 4. The Morgan fingerprint density at radius 1 is 1.09 bits per heavy atom. The summed E-state index contributed by atoms with van der Waals surface area (Å²) < 4.78 is 5.28. The molecule has 0 unspecified atom stereocenters. The predicted molar refractivity (Wildman–Crippen MR) is 127 cm³/mol. The average molecular weight is 442 g/mol. The van der Waals surface area contributed by atoms with Crippen LogP contribution in [0.5, 0.6) is 5.75 Å². The maximum Gasteiger partial charge on any atom is 0.231 e. The van der Waals surface area contributed by atoms with Crippen LogP contribution in [-0.4, -0.2) is 35.4 Å². The summed E-state index contributed by atoms with van der Waals surface area (Å²) in [6.45, 7) is 2.66. The normalized spacial score (nSPS) is 19.7. The lowest BCUT2D eigenvalue weighted by Gasteiger charge is -2.31. The SMILES string of the molecule is COc1ccc(-c2cc(C)nc([C@@H]3CCCN3C(=O)[C@H]3CC(=O)Nc4ccccc43)c2)cc1. The number of para-hydroxylation sites is 1. The highest BCUT2D eigenvalue weighted by Crippen LogP contribution is 2.39. The van der Waals surface area contributed by atoms with Gasteiger partial charge in [-0.3, -0.25) is 14.6 Å². The standard InChI is InChI=1S/C27H27N3O3/c1-17-14-19(18-9-11-20(33-2)12-10-18)15-24(28-17)25-8-5-13-30(25)27(32)22-16-26(31)29-23-7-4-3-6-21(22)23/h3-4,6-7,9-12,14-15,22,25H,5,8,13,16H2,1-2H3,(H,29,31)/t22-,25-/m0/s1. The second-order valence-corrected chi connectivity index (χ2v) is 8.73. The first-order valence-electron chi connectivity index (χ1n) is 11.4. The monoisotopic (exact) mass is 441 g/mol. The molecule has 3 heterocycles. The predicted octanol–water partition coefficient (Wildman–Crippen LogP) is 4.86. The molecule has 0 aliphatic carbocycles. The van der Waals surface area contributed by atoms with E-state index in [4.69, 9.17) is 9.72 Å². The molecule has 3 aromatic rings. The van der Waals surface area contributed by atoms with Crippen LogP contribution in [0.15, 0.2) is 60.7 Å². The van der Waals surface area contributed by atoms with E-state index in [1.807, 2.05) is 60.4 Å². The highest BCUT2D eigenvalue weighted by atomic mass is 16.5. The van der Waals surface area contributed by atoms with Gasteiger partial charge in [0, 0.05) is 24.3 Å². The summed E-state index contributed by atoms with van der Waals surface area (Å²) in [5.41, 5.74) is 5.60. The van der Waals surface area contributed by atoms with Crippen molar-refractivity contribution in [3.05, 3.63) is 77.6 Å². The van der Waals surface area contributed by atoms with Gasteiger partial charge in [0.15, 0.2) is 0 Å². The first kappa shape index (κ1) is 21.2. The van der Waals surface area contributed by atoms with Gasteiger partial charge in [-0.15, -0.1) is 0 Å². The number of hydrogen-bond donors (Lipinski definition) is 1. The van der Waals surface area contributed by atoms with Gasteiger partial charge in [0.1, 0.15) is 5.75 Å². The summed E-state index contributed by atoms with van der Waals surface area (Å²) in [6, 6.07) is 19.6. The second kappa shape index (κ2) is 8.70. The molecule has 6 nitrogen and oxygen atoms in total. The van der Waals surface area contributed by atoms with E-state index >= 15 is 0 Å². The molecule has 0 spiro atoms. The van der Waals surface area contributed by atoms with Gasteiger partial charge < -0.3 is 15.0 Å². The summed E-state index contributed by atoms with van der Waals surface area (Å²) in [7, 11) is 1.66. The zero-order chi connectivity index (χ0) is 22.9. The van der Waals surface area contributed by atoms with Crippen molar-refractivity contribution < 1.29 is 14.3 Å². The van der Waals surface area contributed by atoms with E-state index in [9.17, 15) is 9.59 Å². The number of benzene rings is 2. The Kier molecular flexibility index (Phi) is 5.58. The van der Waals surface area contributed by atoms with E-state index in [2.05, 4.69) is 17.4 Å². The second-order valence-electron chi connectivity index (χ2n) is 8.73. The van der Waals surface area contributed by atoms with Crippen molar-refractivity contribution in [1.82, 2.24) is 9.88 Å². The van der Waals surface area contributed by atoms with E-state index in [1.165, 1.54) is 0 Å². The van der Waals surface area contributed by atoms with E-state index in [-0.39, 0.29) is 24.3 Å². The molecule has 1 saturated heterocycles. The molecule has 33 heavy (non-hydrogen) atoms. The third kappa shape index (κ3) is 4.09. The molecule has 2 atom stereocenters. The van der Waals surface area contributed by atoms with Crippen LogP contribution in [0, 0.1) is 6.92 Å². The Balaban J connectivity index is 1.46. The topological polar surface area (TPSA) is 71.5 Å². The molecule has 0 saturated carbocycles. The molecule has 168 valence electrons. The van der Waals surface area contributed by atoms with E-state index in [0.717, 1.165) is 52.4 Å². The number of aromatic nitrogens is 1. The first-order valence-corrected chi connectivity index (χ1v) is 11.4. The number of ether oxygens (including phenoxy) is 1. The minimum Gasteiger partial charge on any atom is -0.497 e. The Bertz CT molecular complexity index is 1210. The molecular weight excluding hydrogens is 414 g/mol. The molecule has 2 aliphatic rings. The number of pyridine rings is 1. The minimum atomic E-state index is -0.457. The molecule has 1 aromatic heterocycles. The maximum absolute atomic E-state index is 13.7. The van der Waals surface area contributed by atoms with Crippen LogP contribution < -0.4 is 10.1 Å². The summed E-state index contributed by atoms with van der Waals surface area (Å²) in [5.74, 6) is 0.253. The number of anilines is 1. The van der Waals surface area contributed by atoms with Crippen LogP contribution in [0.4, 0.5) is 5.69 Å². The first-order chi connectivity index (χ1) is 16.0. The van der Waals surface area contributed by atoms with Crippen molar-refractivity contribution in [3.8, 4) is 16.9 Å². The van der Waals surface area contributed by atoms with Crippen LogP contribution >= 0.6 is 0 Å². The van der Waals surface area contributed by atoms with Crippen LogP contribution in [0.1, 0.15) is 48.2 Å². The minimum absolute atomic E-state index is 0.00843. The number of nitrogens with one attached hydrogen (secondary N) is 1. The van der Waals surface area contributed by atoms with Gasteiger partial charge >= 0.3 is 0 Å². The smallest absolute Gasteiger partial charge is 0.231 e. The molecule has 1 N–H and O–H groups in total. The highest BCUT2D eigenvalue weighted by molar-refractivity contribution is 6.01. The van der Waals surface area contributed by atoms with Gasteiger partial charge in [-0.25, -0.2) is 0 Å². The fourth-order valence-corrected chi connectivity index (χ4v) is 4.98. The van der Waals surface area contributed by atoms with Crippen LogP contribution in [0.25, 0.3) is 11.1 Å². The fraction of sp³-hybridized carbons (Fsp3) is 0.296. The van der Waals surface area contributed by atoms with Crippen molar-refractivity contribution in [2.24, 2.45) is 0 Å². The Hall–Kier alpha value is -3.67. The largest absolute Gasteiger partial charge is 0.497 e. The summed E-state index contributed by atoms with van der Waals surface area (Å²) in [4.78, 5) is 32.7. The van der Waals surface area contributed by atoms with Crippen LogP contribution in [0.2, 0.25) is 0 Å². The van der Waals surface area contributed by atoms with Crippen molar-refractivity contribution in [3.63, 3.8) is 0 Å². The molecule has 1 fully saturated rings. The quantitative estimate of drug-likeness (QED) is 0.628. The lowest BCUT2D eigenvalue weighted by Crippen LogP contribution is -2.38. The van der Waals surface area contributed by atoms with Crippen molar-refractivity contribution >= 4 is 17.5 Å². The van der Waals surface area contributed by atoms with Crippen molar-refractivity contribution in [1.29, 1.82) is 0 Å². The summed E-state index contributed by atoms with van der Waals surface area (Å²) >= 11 is 0. The molecular formula is C27H27N3O3. The lowest BCUT2D eigenvalue weighted by atomic mass is 9.89. The van der Waals surface area contributed by atoms with E-state index in [0.29, 0.717) is 6.54 Å². The van der Waals surface area contributed by atoms with Gasteiger partial charge in [-0.2, -0.15) is 0 Å². The number of carbonyl (C=O) groups is 2. The van der Waals surface area contributed by atoms with E-state index in [1.54, 1.807) is 7.11 Å². The Labute approximate surface area is 193 Å². The average Bonchev–Trinajstić information content (AvgIpc) is 3.33. The molecule has 2 amide bonds. The third-order valence-corrected chi connectivity index (χ3v) is 6.57. The molecule has 2 aromatic carbocycles. The van der Waals surface area contributed by atoms with Crippen LogP contribution in [0.3, 0.4) is 0 Å². The fourth-order valence-electron chi connectivity index (χ4n) is 4.98. The molecule has 2 aliphatic heterocycles. The molecule has 0 bridgehead atoms. The number of fused-ring (bicyclic) bond motifs is 1. The van der Waals surface area contributed by atoms with Crippen LogP contribution in [-0.2, 0) is 9.59 Å². The highest BCUT2D eigenvalue weighted by Gasteiger charge is 2.38. The number of aryl methyl sites for hydroxylation is 1. The van der Waals surface area contributed by atoms with Gasteiger partial charge in [0.05, 0.1) is 24.8 Å². The van der Waals surface area contributed by atoms with Gasteiger partial charge in [0.2, 0.25) is 11.8 Å². The summed E-state index contributed by atoms with van der Waals surface area (Å²) in [5, 5.41) is 2.89.